The third-order valence-electron chi connectivity index (χ3n) is 6.11. The highest BCUT2D eigenvalue weighted by Gasteiger charge is 2.49. The van der Waals surface area contributed by atoms with Gasteiger partial charge < -0.3 is 19.4 Å². The standard InChI is InChI=1S/C21H17ClF2N6O3/c22-10-2-1-6-30-13(10)8-12(28-30)16-14-11(25-9-26-14)3-7-29(16)19(31)17-15(18(23)24)27-20(33-17)21(32)4-5-21/h1-2,6,8-9,16,18,32H,3-5,7H2,(H,25,26)/t16-/m1/s1. The van der Waals surface area contributed by atoms with Crippen molar-refractivity contribution in [3.05, 3.63) is 70.2 Å². The molecular formula is C21H17ClF2N6O3. The second kappa shape index (κ2) is 7.09. The van der Waals surface area contributed by atoms with E-state index >= 15 is 0 Å². The van der Waals surface area contributed by atoms with Crippen molar-refractivity contribution in [1.82, 2.24) is 29.5 Å². The molecule has 1 aliphatic carbocycles. The third kappa shape index (κ3) is 3.14. The first kappa shape index (κ1) is 20.3. The number of oxazole rings is 1. The number of nitrogens with one attached hydrogen (secondary N) is 1. The van der Waals surface area contributed by atoms with Crippen LogP contribution < -0.4 is 0 Å². The van der Waals surface area contributed by atoms with Crippen molar-refractivity contribution in [2.75, 3.05) is 6.54 Å². The average Bonchev–Trinajstić information content (AvgIpc) is 3.24. The van der Waals surface area contributed by atoms with Gasteiger partial charge >= 0.3 is 0 Å². The Morgan fingerprint density at radius 1 is 1.39 bits per heavy atom. The Morgan fingerprint density at radius 3 is 2.94 bits per heavy atom. The molecule has 0 bridgehead atoms. The van der Waals surface area contributed by atoms with Gasteiger partial charge in [0.25, 0.3) is 12.3 Å². The van der Waals surface area contributed by atoms with Crippen molar-refractivity contribution in [2.24, 2.45) is 0 Å². The normalized spacial score (nSPS) is 19.3. The van der Waals surface area contributed by atoms with E-state index in [-0.39, 0.29) is 12.4 Å². The summed E-state index contributed by atoms with van der Waals surface area (Å²) in [6.45, 7) is 0.212. The zero-order valence-electron chi connectivity index (χ0n) is 17.0. The number of amides is 1. The molecule has 0 saturated heterocycles. The molecule has 1 amide bonds. The van der Waals surface area contributed by atoms with Gasteiger partial charge in [0.05, 0.1) is 28.3 Å². The smallest absolute Gasteiger partial charge is 0.292 e. The number of carbonyl (C=O) groups is 1. The Labute approximate surface area is 190 Å². The minimum Gasteiger partial charge on any atom is -0.432 e. The fourth-order valence-corrected chi connectivity index (χ4v) is 4.44. The van der Waals surface area contributed by atoms with Crippen LogP contribution >= 0.6 is 11.6 Å². The second-order valence-electron chi connectivity index (χ2n) is 8.24. The summed E-state index contributed by atoms with van der Waals surface area (Å²) in [5.74, 6) is -1.60. The van der Waals surface area contributed by atoms with Gasteiger partial charge in [0.1, 0.15) is 11.6 Å². The molecule has 4 aromatic rings. The van der Waals surface area contributed by atoms with Crippen LogP contribution in [0.5, 0.6) is 0 Å². The van der Waals surface area contributed by atoms with Crippen LogP contribution in [0.25, 0.3) is 5.52 Å². The molecule has 170 valence electrons. The van der Waals surface area contributed by atoms with Crippen molar-refractivity contribution < 1.29 is 23.1 Å². The Hall–Kier alpha value is -3.31. The number of alkyl halides is 2. The molecule has 12 heteroatoms. The number of pyridine rings is 1. The number of aromatic amines is 1. The summed E-state index contributed by atoms with van der Waals surface area (Å²) < 4.78 is 34.5. The van der Waals surface area contributed by atoms with Gasteiger partial charge in [-0.25, -0.2) is 23.3 Å². The molecule has 1 atom stereocenters. The Morgan fingerprint density at radius 2 is 2.21 bits per heavy atom. The van der Waals surface area contributed by atoms with E-state index in [9.17, 15) is 18.7 Å². The monoisotopic (exact) mass is 474 g/mol. The van der Waals surface area contributed by atoms with Gasteiger partial charge in [0.15, 0.2) is 5.69 Å². The Bertz CT molecular complexity index is 1390. The van der Waals surface area contributed by atoms with Crippen LogP contribution in [0.1, 0.15) is 64.5 Å². The molecule has 4 aromatic heterocycles. The molecule has 0 unspecified atom stereocenters. The number of aliphatic hydroxyl groups is 1. The second-order valence-corrected chi connectivity index (χ2v) is 8.65. The van der Waals surface area contributed by atoms with Crippen LogP contribution in [-0.4, -0.2) is 47.0 Å². The number of halogens is 3. The first-order valence-electron chi connectivity index (χ1n) is 10.3. The van der Waals surface area contributed by atoms with Crippen molar-refractivity contribution in [3.8, 4) is 0 Å². The molecule has 1 aliphatic heterocycles. The summed E-state index contributed by atoms with van der Waals surface area (Å²) in [5, 5.41) is 15.3. The van der Waals surface area contributed by atoms with Gasteiger partial charge in [-0.1, -0.05) is 11.6 Å². The predicted octanol–water partition coefficient (Wildman–Crippen LogP) is 3.41. The van der Waals surface area contributed by atoms with E-state index in [1.807, 2.05) is 0 Å². The lowest BCUT2D eigenvalue weighted by molar-refractivity contribution is 0.0624. The van der Waals surface area contributed by atoms with Gasteiger partial charge in [-0.3, -0.25) is 4.79 Å². The Kier molecular flexibility index (Phi) is 4.36. The van der Waals surface area contributed by atoms with E-state index < -0.39 is 35.4 Å². The zero-order chi connectivity index (χ0) is 22.9. The van der Waals surface area contributed by atoms with Gasteiger partial charge in [0, 0.05) is 24.9 Å². The number of fused-ring (bicyclic) bond motifs is 2. The average molecular weight is 475 g/mol. The maximum atomic E-state index is 13.7. The fourth-order valence-electron chi connectivity index (χ4n) is 4.22. The lowest BCUT2D eigenvalue weighted by Gasteiger charge is -2.33. The van der Waals surface area contributed by atoms with Crippen molar-refractivity contribution in [2.45, 2.75) is 37.3 Å². The van der Waals surface area contributed by atoms with E-state index in [1.165, 1.54) is 11.2 Å². The van der Waals surface area contributed by atoms with Crippen molar-refractivity contribution in [1.29, 1.82) is 0 Å². The SMILES string of the molecule is O=C(c1oc(C2(O)CC2)nc1C(F)F)N1CCc2[nH]cnc2[C@H]1c1cc2c(Cl)cccn2n1. The molecule has 33 heavy (non-hydrogen) atoms. The maximum absolute atomic E-state index is 13.7. The fraction of sp³-hybridized carbons (Fsp3) is 0.333. The van der Waals surface area contributed by atoms with Crippen LogP contribution in [0.4, 0.5) is 8.78 Å². The lowest BCUT2D eigenvalue weighted by atomic mass is 9.99. The summed E-state index contributed by atoms with van der Waals surface area (Å²) in [7, 11) is 0. The summed E-state index contributed by atoms with van der Waals surface area (Å²) in [4.78, 5) is 26.2. The summed E-state index contributed by atoms with van der Waals surface area (Å²) in [5.41, 5.74) is 0.330. The summed E-state index contributed by atoms with van der Waals surface area (Å²) in [6.07, 6.45) is 1.33. The van der Waals surface area contributed by atoms with E-state index in [1.54, 1.807) is 28.9 Å². The molecule has 5 heterocycles. The van der Waals surface area contributed by atoms with E-state index in [4.69, 9.17) is 16.0 Å². The number of hydrogen-bond donors (Lipinski definition) is 2. The van der Waals surface area contributed by atoms with E-state index in [2.05, 4.69) is 20.1 Å². The van der Waals surface area contributed by atoms with Gasteiger partial charge in [-0.05, 0) is 31.0 Å². The number of rotatable bonds is 4. The summed E-state index contributed by atoms with van der Waals surface area (Å²) >= 11 is 6.30. The maximum Gasteiger partial charge on any atom is 0.292 e. The third-order valence-corrected chi connectivity index (χ3v) is 6.43. The van der Waals surface area contributed by atoms with Crippen LogP contribution in [0.3, 0.4) is 0 Å². The highest BCUT2D eigenvalue weighted by molar-refractivity contribution is 6.33. The first-order chi connectivity index (χ1) is 15.9. The number of nitrogens with zero attached hydrogens (tertiary/aromatic N) is 5. The van der Waals surface area contributed by atoms with E-state index in [0.717, 1.165) is 5.69 Å². The minimum atomic E-state index is -3.04. The number of aromatic nitrogens is 5. The topological polar surface area (TPSA) is 113 Å². The number of carbonyl (C=O) groups excluding carboxylic acids is 1. The van der Waals surface area contributed by atoms with Gasteiger partial charge in [-0.15, -0.1) is 0 Å². The molecule has 1 fully saturated rings. The number of H-pyrrole nitrogens is 1. The molecule has 9 nitrogen and oxygen atoms in total. The number of imidazole rings is 1. The Balaban J connectivity index is 1.46. The lowest BCUT2D eigenvalue weighted by Crippen LogP contribution is -2.41. The molecule has 2 aliphatic rings. The van der Waals surface area contributed by atoms with Crippen LogP contribution in [-0.2, 0) is 12.0 Å². The highest BCUT2D eigenvalue weighted by Crippen LogP contribution is 2.46. The van der Waals surface area contributed by atoms with Crippen LogP contribution in [0.15, 0.2) is 35.1 Å². The predicted molar refractivity (Wildman–Crippen MR) is 110 cm³/mol. The first-order valence-corrected chi connectivity index (χ1v) is 10.7. The van der Waals surface area contributed by atoms with Gasteiger partial charge in [-0.2, -0.15) is 5.10 Å². The minimum absolute atomic E-state index is 0.212. The zero-order valence-corrected chi connectivity index (χ0v) is 17.8. The molecule has 6 rings (SSSR count). The largest absolute Gasteiger partial charge is 0.432 e. The van der Waals surface area contributed by atoms with Crippen molar-refractivity contribution >= 4 is 23.0 Å². The molecule has 2 N–H and O–H groups in total. The van der Waals surface area contributed by atoms with Gasteiger partial charge in [0.2, 0.25) is 11.7 Å². The van der Waals surface area contributed by atoms with Crippen molar-refractivity contribution in [3.63, 3.8) is 0 Å². The molecule has 0 radical (unpaired) electrons. The van der Waals surface area contributed by atoms with E-state index in [0.29, 0.717) is 41.2 Å². The molecule has 0 spiro atoms. The molecule has 1 saturated carbocycles. The summed E-state index contributed by atoms with van der Waals surface area (Å²) in [6, 6.07) is 4.44. The quantitative estimate of drug-likeness (QED) is 0.469. The number of hydrogen-bond acceptors (Lipinski definition) is 6. The molecular weight excluding hydrogens is 458 g/mol. The van der Waals surface area contributed by atoms with Crippen LogP contribution in [0.2, 0.25) is 5.02 Å². The highest BCUT2D eigenvalue weighted by atomic mass is 35.5. The molecule has 0 aromatic carbocycles. The van der Waals surface area contributed by atoms with Crippen LogP contribution in [0, 0.1) is 0 Å².